The van der Waals surface area contributed by atoms with Crippen molar-refractivity contribution in [3.05, 3.63) is 59.7 Å². The first-order valence-electron chi connectivity index (χ1n) is 6.68. The number of nitrogens with zero attached hydrogens (tertiary/aromatic N) is 3. The molecular weight excluding hydrogens is 270 g/mol. The zero-order valence-corrected chi connectivity index (χ0v) is 12.1. The minimum absolute atomic E-state index is 0.431. The molecule has 0 bridgehead atoms. The van der Waals surface area contributed by atoms with Gasteiger partial charge in [-0.15, -0.1) is 11.6 Å². The molecule has 20 heavy (non-hydrogen) atoms. The number of hydrogen-bond donors (Lipinski definition) is 0. The van der Waals surface area contributed by atoms with Gasteiger partial charge in [0.05, 0.1) is 16.9 Å². The molecule has 0 aliphatic rings. The Labute approximate surface area is 123 Å². The number of benzene rings is 1. The fraction of sp³-hybridized carbons (Fsp3) is 0.250. The average Bonchev–Trinajstić information content (AvgIpc) is 2.83. The molecule has 2 aromatic heterocycles. The van der Waals surface area contributed by atoms with Crippen molar-refractivity contribution < 1.29 is 0 Å². The summed E-state index contributed by atoms with van der Waals surface area (Å²) in [6, 6.07) is 10.4. The van der Waals surface area contributed by atoms with Gasteiger partial charge in [0.15, 0.2) is 0 Å². The van der Waals surface area contributed by atoms with Crippen LogP contribution in [0.4, 0.5) is 0 Å². The van der Waals surface area contributed by atoms with Gasteiger partial charge in [-0.25, -0.2) is 4.98 Å². The van der Waals surface area contributed by atoms with Crippen molar-refractivity contribution in [2.45, 2.75) is 25.8 Å². The van der Waals surface area contributed by atoms with E-state index in [1.165, 1.54) is 11.1 Å². The number of alkyl halides is 1. The van der Waals surface area contributed by atoms with Crippen LogP contribution in [0.3, 0.4) is 0 Å². The smallest absolute Gasteiger partial charge is 0.124 e. The molecule has 0 atom stereocenters. The minimum atomic E-state index is 0.431. The summed E-state index contributed by atoms with van der Waals surface area (Å²) in [7, 11) is 0. The third kappa shape index (κ3) is 2.54. The lowest BCUT2D eigenvalue weighted by atomic mass is 10.2. The highest BCUT2D eigenvalue weighted by molar-refractivity contribution is 6.16. The maximum absolute atomic E-state index is 6.03. The van der Waals surface area contributed by atoms with Gasteiger partial charge in [0.25, 0.3) is 0 Å². The highest BCUT2D eigenvalue weighted by Crippen LogP contribution is 2.19. The van der Waals surface area contributed by atoms with Crippen LogP contribution in [-0.2, 0) is 18.8 Å². The number of imidazole rings is 1. The van der Waals surface area contributed by atoms with E-state index >= 15 is 0 Å². The maximum atomic E-state index is 6.03. The van der Waals surface area contributed by atoms with Gasteiger partial charge >= 0.3 is 0 Å². The van der Waals surface area contributed by atoms with Crippen LogP contribution in [0.1, 0.15) is 17.0 Å². The molecule has 0 unspecified atom stereocenters. The molecule has 4 heteroatoms. The van der Waals surface area contributed by atoms with Crippen molar-refractivity contribution >= 4 is 22.6 Å². The summed E-state index contributed by atoms with van der Waals surface area (Å²) in [6.07, 6.45) is 4.63. The normalized spacial score (nSPS) is 11.1. The summed E-state index contributed by atoms with van der Waals surface area (Å²) in [5, 5.41) is 0. The van der Waals surface area contributed by atoms with Crippen LogP contribution in [0.2, 0.25) is 0 Å². The van der Waals surface area contributed by atoms with Crippen molar-refractivity contribution in [1.82, 2.24) is 14.5 Å². The summed E-state index contributed by atoms with van der Waals surface area (Å²) in [6.45, 7) is 2.95. The van der Waals surface area contributed by atoms with Crippen LogP contribution in [0.15, 0.2) is 42.7 Å². The third-order valence-electron chi connectivity index (χ3n) is 3.45. The van der Waals surface area contributed by atoms with E-state index in [2.05, 4.69) is 45.7 Å². The fourth-order valence-corrected chi connectivity index (χ4v) is 2.63. The lowest BCUT2D eigenvalue weighted by Crippen LogP contribution is -2.05. The van der Waals surface area contributed by atoms with E-state index in [4.69, 9.17) is 11.6 Å². The van der Waals surface area contributed by atoms with Gasteiger partial charge < -0.3 is 4.57 Å². The van der Waals surface area contributed by atoms with Gasteiger partial charge in [0, 0.05) is 18.9 Å². The number of aromatic nitrogens is 3. The first-order valence-corrected chi connectivity index (χ1v) is 7.22. The van der Waals surface area contributed by atoms with Crippen LogP contribution in [0, 0.1) is 6.92 Å². The van der Waals surface area contributed by atoms with E-state index in [1.807, 2.05) is 12.3 Å². The number of aryl methyl sites for hydroxylation is 3. The van der Waals surface area contributed by atoms with Crippen molar-refractivity contribution in [2.24, 2.45) is 0 Å². The zero-order chi connectivity index (χ0) is 13.9. The number of halogens is 1. The number of fused-ring (bicyclic) bond motifs is 1. The maximum Gasteiger partial charge on any atom is 0.124 e. The van der Waals surface area contributed by atoms with E-state index in [9.17, 15) is 0 Å². The lowest BCUT2D eigenvalue weighted by molar-refractivity contribution is 0.686. The molecule has 3 nitrogen and oxygen atoms in total. The Hall–Kier alpha value is -1.87. The average molecular weight is 286 g/mol. The van der Waals surface area contributed by atoms with Gasteiger partial charge in [-0.1, -0.05) is 12.1 Å². The van der Waals surface area contributed by atoms with Gasteiger partial charge in [-0.3, -0.25) is 4.98 Å². The van der Waals surface area contributed by atoms with Crippen LogP contribution in [-0.4, -0.2) is 14.5 Å². The Bertz CT molecular complexity index is 719. The second-order valence-electron chi connectivity index (χ2n) is 4.92. The summed E-state index contributed by atoms with van der Waals surface area (Å²) in [5.41, 5.74) is 4.61. The molecule has 0 aliphatic heterocycles. The summed E-state index contributed by atoms with van der Waals surface area (Å²) in [5.74, 6) is 1.36. The van der Waals surface area contributed by atoms with Gasteiger partial charge in [0.2, 0.25) is 0 Å². The van der Waals surface area contributed by atoms with Crippen LogP contribution >= 0.6 is 11.6 Å². The monoisotopic (exact) mass is 285 g/mol. The van der Waals surface area contributed by atoms with Gasteiger partial charge in [-0.05, 0) is 42.7 Å². The van der Waals surface area contributed by atoms with E-state index < -0.39 is 0 Å². The van der Waals surface area contributed by atoms with Crippen LogP contribution in [0.5, 0.6) is 0 Å². The molecule has 0 saturated carbocycles. The predicted molar refractivity (Wildman–Crippen MR) is 82.0 cm³/mol. The molecule has 3 rings (SSSR count). The lowest BCUT2D eigenvalue weighted by Gasteiger charge is -2.07. The topological polar surface area (TPSA) is 30.7 Å². The second-order valence-corrected chi connectivity index (χ2v) is 5.18. The number of pyridine rings is 1. The summed E-state index contributed by atoms with van der Waals surface area (Å²) in [4.78, 5) is 8.77. The first-order chi connectivity index (χ1) is 9.78. The minimum Gasteiger partial charge on any atom is -0.327 e. The Morgan fingerprint density at radius 2 is 2.15 bits per heavy atom. The Morgan fingerprint density at radius 3 is 2.90 bits per heavy atom. The van der Waals surface area contributed by atoms with Crippen molar-refractivity contribution in [1.29, 1.82) is 0 Å². The largest absolute Gasteiger partial charge is 0.327 e. The Morgan fingerprint density at radius 1 is 1.25 bits per heavy atom. The van der Waals surface area contributed by atoms with E-state index in [0.717, 1.165) is 29.8 Å². The second kappa shape index (κ2) is 5.63. The summed E-state index contributed by atoms with van der Waals surface area (Å²) >= 11 is 6.03. The standard InChI is InChI=1S/C16H16ClN3/c1-12-4-5-15-14(9-12)19-16(10-17)20(15)8-6-13-3-2-7-18-11-13/h2-5,7,9,11H,6,8,10H2,1H3. The van der Waals surface area contributed by atoms with E-state index in [-0.39, 0.29) is 0 Å². The van der Waals surface area contributed by atoms with Crippen molar-refractivity contribution in [3.8, 4) is 0 Å². The quantitative estimate of drug-likeness (QED) is 0.684. The number of hydrogen-bond acceptors (Lipinski definition) is 2. The molecule has 3 aromatic rings. The molecule has 0 N–H and O–H groups in total. The van der Waals surface area contributed by atoms with Crippen molar-refractivity contribution in [2.75, 3.05) is 0 Å². The van der Waals surface area contributed by atoms with Gasteiger partial charge in [0.1, 0.15) is 5.82 Å². The highest BCUT2D eigenvalue weighted by atomic mass is 35.5. The molecular formula is C16H16ClN3. The third-order valence-corrected chi connectivity index (χ3v) is 3.69. The molecule has 0 amide bonds. The Balaban J connectivity index is 1.93. The van der Waals surface area contributed by atoms with E-state index in [0.29, 0.717) is 5.88 Å². The number of rotatable bonds is 4. The highest BCUT2D eigenvalue weighted by Gasteiger charge is 2.09. The SMILES string of the molecule is Cc1ccc2c(c1)nc(CCl)n2CCc1cccnc1. The molecule has 0 saturated heterocycles. The summed E-state index contributed by atoms with van der Waals surface area (Å²) < 4.78 is 2.20. The van der Waals surface area contributed by atoms with Gasteiger partial charge in [-0.2, -0.15) is 0 Å². The molecule has 102 valence electrons. The zero-order valence-electron chi connectivity index (χ0n) is 11.4. The molecule has 0 fully saturated rings. The van der Waals surface area contributed by atoms with E-state index in [1.54, 1.807) is 6.20 Å². The fourth-order valence-electron chi connectivity index (χ4n) is 2.43. The molecule has 1 aromatic carbocycles. The van der Waals surface area contributed by atoms with Crippen LogP contribution in [0.25, 0.3) is 11.0 Å². The predicted octanol–water partition coefficient (Wildman–Crippen LogP) is 3.72. The Kier molecular flexibility index (Phi) is 3.70. The molecule has 0 aliphatic carbocycles. The van der Waals surface area contributed by atoms with Crippen LogP contribution < -0.4 is 0 Å². The molecule has 0 spiro atoms. The molecule has 2 heterocycles. The molecule has 0 radical (unpaired) electrons. The first kappa shape index (κ1) is 13.1. The van der Waals surface area contributed by atoms with Crippen molar-refractivity contribution in [3.63, 3.8) is 0 Å².